The van der Waals surface area contributed by atoms with E-state index in [1.54, 1.807) is 0 Å². The summed E-state index contributed by atoms with van der Waals surface area (Å²) in [5, 5.41) is 0. The lowest BCUT2D eigenvalue weighted by atomic mass is 9.83. The topological polar surface area (TPSA) is 34.1 Å². The third-order valence-corrected chi connectivity index (χ3v) is 3.15. The van der Waals surface area contributed by atoms with Gasteiger partial charge in [-0.1, -0.05) is 48.6 Å². The van der Waals surface area contributed by atoms with E-state index in [2.05, 4.69) is 0 Å². The van der Waals surface area contributed by atoms with Gasteiger partial charge in [0.2, 0.25) is 10.9 Å². The smallest absolute Gasteiger partial charge is 0.230 e. The molecule has 0 fully saturated rings. The first-order valence-electron chi connectivity index (χ1n) is 5.32. The Kier molecular flexibility index (Phi) is 1.90. The largest absolute Gasteiger partial charge is 0.285 e. The summed E-state index contributed by atoms with van der Waals surface area (Å²) in [5.74, 6) is 0.00481. The molecular weight excluding hydrogens is 200 g/mol. The summed E-state index contributed by atoms with van der Waals surface area (Å²) >= 11 is 0. The molecule has 0 saturated carbocycles. The molecule has 0 atom stereocenters. The van der Waals surface area contributed by atoms with Crippen LogP contribution in [0.3, 0.4) is 0 Å². The average Bonchev–Trinajstić information content (AvgIpc) is 2.96. The summed E-state index contributed by atoms with van der Waals surface area (Å²) in [4.78, 5) is 23.2. The summed E-state index contributed by atoms with van der Waals surface area (Å²) in [5.41, 5.74) is 0.724. The third kappa shape index (κ3) is 1.13. The fraction of sp³-hybridized carbons (Fsp3) is 0.143. The van der Waals surface area contributed by atoms with Crippen LogP contribution >= 0.6 is 0 Å². The normalized spacial score (nSPS) is 19.5. The fourth-order valence-corrected chi connectivity index (χ4v) is 2.34. The third-order valence-electron chi connectivity index (χ3n) is 3.15. The zero-order valence-corrected chi connectivity index (χ0v) is 8.59. The molecule has 0 aliphatic heterocycles. The SMILES string of the molecule is O=c1c(C2C=CC=C2)c(C2C=CC=C2)c1=O. The first-order chi connectivity index (χ1) is 7.79. The number of hydrogen-bond acceptors (Lipinski definition) is 2. The molecule has 2 heteroatoms. The molecule has 0 bridgehead atoms. The highest BCUT2D eigenvalue weighted by Gasteiger charge is 2.29. The van der Waals surface area contributed by atoms with Crippen molar-refractivity contribution in [1.82, 2.24) is 0 Å². The van der Waals surface area contributed by atoms with Crippen LogP contribution in [0.25, 0.3) is 0 Å². The van der Waals surface area contributed by atoms with Crippen molar-refractivity contribution in [2.24, 2.45) is 0 Å². The molecule has 0 heterocycles. The Hall–Kier alpha value is -1.96. The molecule has 1 aromatic rings. The van der Waals surface area contributed by atoms with Crippen molar-refractivity contribution in [3.05, 3.63) is 80.2 Å². The van der Waals surface area contributed by atoms with Gasteiger partial charge in [-0.25, -0.2) is 0 Å². The molecule has 16 heavy (non-hydrogen) atoms. The first kappa shape index (κ1) is 9.28. The van der Waals surface area contributed by atoms with E-state index in [-0.39, 0.29) is 22.7 Å². The minimum Gasteiger partial charge on any atom is -0.285 e. The standard InChI is InChI=1S/C14H10O2/c15-13-11(9-5-1-2-6-9)12(14(13)16)10-7-3-4-8-10/h1-10H. The summed E-state index contributed by atoms with van der Waals surface area (Å²) < 4.78 is 0. The van der Waals surface area contributed by atoms with Gasteiger partial charge in [0.1, 0.15) is 0 Å². The molecule has 3 rings (SSSR count). The van der Waals surface area contributed by atoms with Gasteiger partial charge in [-0.05, 0) is 0 Å². The van der Waals surface area contributed by atoms with E-state index in [9.17, 15) is 9.59 Å². The van der Waals surface area contributed by atoms with Gasteiger partial charge >= 0.3 is 0 Å². The van der Waals surface area contributed by atoms with Crippen LogP contribution in [0.15, 0.2) is 58.2 Å². The summed E-state index contributed by atoms with van der Waals surface area (Å²) in [6.45, 7) is 0. The zero-order chi connectivity index (χ0) is 11.1. The molecule has 78 valence electrons. The van der Waals surface area contributed by atoms with Crippen molar-refractivity contribution in [1.29, 1.82) is 0 Å². The van der Waals surface area contributed by atoms with E-state index < -0.39 is 0 Å². The summed E-state index contributed by atoms with van der Waals surface area (Å²) in [7, 11) is 0. The van der Waals surface area contributed by atoms with Crippen molar-refractivity contribution >= 4 is 0 Å². The molecule has 2 aliphatic rings. The van der Waals surface area contributed by atoms with Gasteiger partial charge in [0.15, 0.2) is 0 Å². The Balaban J connectivity index is 2.09. The fourth-order valence-electron chi connectivity index (χ4n) is 2.34. The molecule has 2 aliphatic carbocycles. The van der Waals surface area contributed by atoms with E-state index >= 15 is 0 Å². The second kappa shape index (κ2) is 3.27. The average molecular weight is 210 g/mol. The van der Waals surface area contributed by atoms with E-state index in [0.717, 1.165) is 0 Å². The van der Waals surface area contributed by atoms with E-state index in [1.165, 1.54) is 0 Å². The maximum absolute atomic E-state index is 11.6. The van der Waals surface area contributed by atoms with E-state index in [1.807, 2.05) is 48.6 Å². The van der Waals surface area contributed by atoms with Crippen LogP contribution in [0.5, 0.6) is 0 Å². The van der Waals surface area contributed by atoms with Gasteiger partial charge in [-0.3, -0.25) is 9.59 Å². The maximum atomic E-state index is 11.6. The molecule has 0 aromatic heterocycles. The second-order valence-electron chi connectivity index (χ2n) is 4.08. The number of allylic oxidation sites excluding steroid dienone is 8. The van der Waals surface area contributed by atoms with Gasteiger partial charge in [0, 0.05) is 23.0 Å². The molecule has 0 amide bonds. The number of rotatable bonds is 2. The minimum atomic E-state index is -0.315. The highest BCUT2D eigenvalue weighted by Crippen LogP contribution is 2.30. The molecule has 0 radical (unpaired) electrons. The quantitative estimate of drug-likeness (QED) is 0.696. The summed E-state index contributed by atoms with van der Waals surface area (Å²) in [6.07, 6.45) is 15.4. The number of hydrogen-bond donors (Lipinski definition) is 0. The Labute approximate surface area is 92.6 Å². The highest BCUT2D eigenvalue weighted by atomic mass is 16.2. The van der Waals surface area contributed by atoms with Crippen molar-refractivity contribution in [2.45, 2.75) is 11.8 Å². The zero-order valence-electron chi connectivity index (χ0n) is 8.59. The molecule has 0 spiro atoms. The summed E-state index contributed by atoms with van der Waals surface area (Å²) in [6, 6.07) is 0. The van der Waals surface area contributed by atoms with Crippen molar-refractivity contribution in [3.63, 3.8) is 0 Å². The molecule has 0 unspecified atom stereocenters. The van der Waals surface area contributed by atoms with Crippen LogP contribution in [0, 0.1) is 0 Å². The van der Waals surface area contributed by atoms with Crippen molar-refractivity contribution in [3.8, 4) is 0 Å². The van der Waals surface area contributed by atoms with Crippen molar-refractivity contribution in [2.75, 3.05) is 0 Å². The second-order valence-corrected chi connectivity index (χ2v) is 4.08. The maximum Gasteiger partial charge on any atom is 0.230 e. The molecular formula is C14H10O2. The Morgan fingerprint density at radius 1 is 0.625 bits per heavy atom. The van der Waals surface area contributed by atoms with Gasteiger partial charge < -0.3 is 0 Å². The molecule has 0 saturated heterocycles. The van der Waals surface area contributed by atoms with Crippen LogP contribution in [0.4, 0.5) is 0 Å². The van der Waals surface area contributed by atoms with Gasteiger partial charge in [-0.15, -0.1) is 0 Å². The van der Waals surface area contributed by atoms with Crippen LogP contribution in [0.2, 0.25) is 0 Å². The Morgan fingerprint density at radius 3 is 1.25 bits per heavy atom. The van der Waals surface area contributed by atoms with Gasteiger partial charge in [-0.2, -0.15) is 0 Å². The van der Waals surface area contributed by atoms with Crippen LogP contribution < -0.4 is 10.9 Å². The molecule has 2 nitrogen and oxygen atoms in total. The molecule has 1 aromatic carbocycles. The lowest BCUT2D eigenvalue weighted by Crippen LogP contribution is -2.41. The van der Waals surface area contributed by atoms with E-state index in [4.69, 9.17) is 0 Å². The minimum absolute atomic E-state index is 0.00241. The van der Waals surface area contributed by atoms with E-state index in [0.29, 0.717) is 11.1 Å². The monoisotopic (exact) mass is 210 g/mol. The first-order valence-corrected chi connectivity index (χ1v) is 5.32. The van der Waals surface area contributed by atoms with Crippen LogP contribution in [-0.4, -0.2) is 0 Å². The van der Waals surface area contributed by atoms with Crippen molar-refractivity contribution < 1.29 is 0 Å². The predicted octanol–water partition coefficient (Wildman–Crippen LogP) is 1.70. The Morgan fingerprint density at radius 2 is 0.938 bits per heavy atom. The lowest BCUT2D eigenvalue weighted by molar-refractivity contribution is 0.928. The highest BCUT2D eigenvalue weighted by molar-refractivity contribution is 5.49. The van der Waals surface area contributed by atoms with Crippen LogP contribution in [-0.2, 0) is 0 Å². The predicted molar refractivity (Wildman–Crippen MR) is 63.4 cm³/mol. The lowest BCUT2D eigenvalue weighted by Gasteiger charge is -2.16. The van der Waals surface area contributed by atoms with Gasteiger partial charge in [0.05, 0.1) is 0 Å². The van der Waals surface area contributed by atoms with Gasteiger partial charge in [0.25, 0.3) is 0 Å². The molecule has 0 N–H and O–H groups in total. The Bertz CT molecular complexity index is 540. The van der Waals surface area contributed by atoms with Crippen LogP contribution in [0.1, 0.15) is 23.0 Å².